The first-order valence-corrected chi connectivity index (χ1v) is 8.74. The van der Waals surface area contributed by atoms with Crippen LogP contribution in [0.25, 0.3) is 0 Å². The Bertz CT molecular complexity index is 776. The van der Waals surface area contributed by atoms with Crippen molar-refractivity contribution >= 4 is 40.8 Å². The lowest BCUT2D eigenvalue weighted by atomic mass is 10.0. The molecule has 5 nitrogen and oxygen atoms in total. The van der Waals surface area contributed by atoms with E-state index >= 15 is 0 Å². The van der Waals surface area contributed by atoms with Crippen LogP contribution in [0.4, 0.5) is 5.69 Å². The second kappa shape index (κ2) is 9.46. The van der Waals surface area contributed by atoms with E-state index in [1.807, 2.05) is 12.1 Å². The van der Waals surface area contributed by atoms with Crippen LogP contribution in [0.15, 0.2) is 42.5 Å². The van der Waals surface area contributed by atoms with Gasteiger partial charge in [-0.1, -0.05) is 49.2 Å². The lowest BCUT2D eigenvalue weighted by Crippen LogP contribution is -2.23. The van der Waals surface area contributed by atoms with Crippen molar-refractivity contribution in [2.24, 2.45) is 0 Å². The number of amides is 1. The Labute approximate surface area is 162 Å². The van der Waals surface area contributed by atoms with Gasteiger partial charge in [-0.2, -0.15) is 0 Å². The summed E-state index contributed by atoms with van der Waals surface area (Å²) in [5, 5.41) is 3.29. The number of halogens is 2. The molecule has 1 N–H and O–H groups in total. The van der Waals surface area contributed by atoms with E-state index in [1.165, 1.54) is 11.6 Å². The Morgan fingerprint density at radius 2 is 1.73 bits per heavy atom. The summed E-state index contributed by atoms with van der Waals surface area (Å²) in [6.07, 6.45) is 0. The van der Waals surface area contributed by atoms with Gasteiger partial charge < -0.3 is 14.8 Å². The van der Waals surface area contributed by atoms with Crippen LogP contribution in [0.5, 0.6) is 5.75 Å². The molecule has 26 heavy (non-hydrogen) atoms. The number of benzene rings is 2. The number of nitrogens with one attached hydrogen (secondary N) is 1. The van der Waals surface area contributed by atoms with E-state index in [-0.39, 0.29) is 6.61 Å². The third-order valence-corrected chi connectivity index (χ3v) is 4.02. The number of esters is 1. The predicted molar refractivity (Wildman–Crippen MR) is 102 cm³/mol. The highest BCUT2D eigenvalue weighted by Crippen LogP contribution is 2.25. The van der Waals surface area contributed by atoms with E-state index in [9.17, 15) is 9.59 Å². The molecule has 2 aromatic rings. The Kier molecular flexibility index (Phi) is 7.30. The summed E-state index contributed by atoms with van der Waals surface area (Å²) >= 11 is 11.7. The van der Waals surface area contributed by atoms with Crippen molar-refractivity contribution in [3.63, 3.8) is 0 Å². The van der Waals surface area contributed by atoms with Gasteiger partial charge in [-0.15, -0.1) is 0 Å². The maximum Gasteiger partial charge on any atom is 0.344 e. The summed E-state index contributed by atoms with van der Waals surface area (Å²) in [5.41, 5.74) is 1.57. The molecule has 0 atom stereocenters. The van der Waals surface area contributed by atoms with Gasteiger partial charge in [0.1, 0.15) is 5.75 Å². The summed E-state index contributed by atoms with van der Waals surface area (Å²) in [4.78, 5) is 23.5. The molecular formula is C19H19Cl2NO4. The molecule has 0 aliphatic heterocycles. The van der Waals surface area contributed by atoms with Crippen molar-refractivity contribution in [2.75, 3.05) is 18.5 Å². The summed E-state index contributed by atoms with van der Waals surface area (Å²) in [7, 11) is 0. The minimum Gasteiger partial charge on any atom is -0.482 e. The van der Waals surface area contributed by atoms with Crippen LogP contribution in [0.3, 0.4) is 0 Å². The highest BCUT2D eigenvalue weighted by Gasteiger charge is 2.11. The Balaban J connectivity index is 1.74. The molecule has 0 heterocycles. The molecule has 0 aliphatic rings. The molecule has 7 heteroatoms. The minimum atomic E-state index is -0.643. The number of carbonyl (C=O) groups excluding carboxylic acids is 2. The lowest BCUT2D eigenvalue weighted by Gasteiger charge is -2.10. The SMILES string of the molecule is CC(C)c1ccc(OCC(=O)OCC(=O)Nc2ccc(Cl)cc2Cl)cc1. The van der Waals surface area contributed by atoms with Crippen LogP contribution in [0.2, 0.25) is 10.0 Å². The van der Waals surface area contributed by atoms with Gasteiger partial charge in [0.2, 0.25) is 0 Å². The maximum absolute atomic E-state index is 11.8. The first kappa shape index (κ1) is 20.1. The summed E-state index contributed by atoms with van der Waals surface area (Å²) in [6.45, 7) is 3.47. The van der Waals surface area contributed by atoms with Gasteiger partial charge in [-0.05, 0) is 41.8 Å². The Morgan fingerprint density at radius 1 is 1.04 bits per heavy atom. The van der Waals surface area contributed by atoms with Gasteiger partial charge >= 0.3 is 5.97 Å². The van der Waals surface area contributed by atoms with Crippen LogP contribution >= 0.6 is 23.2 Å². The average Bonchev–Trinajstić information content (AvgIpc) is 2.61. The molecule has 0 bridgehead atoms. The normalized spacial score (nSPS) is 10.5. The fourth-order valence-corrected chi connectivity index (χ4v) is 2.51. The molecule has 0 saturated heterocycles. The van der Waals surface area contributed by atoms with E-state index in [2.05, 4.69) is 19.2 Å². The van der Waals surface area contributed by atoms with Crippen LogP contribution in [-0.2, 0) is 14.3 Å². The fraction of sp³-hybridized carbons (Fsp3) is 0.263. The number of hydrogen-bond acceptors (Lipinski definition) is 4. The largest absolute Gasteiger partial charge is 0.482 e. The van der Waals surface area contributed by atoms with Gasteiger partial charge in [0.25, 0.3) is 5.91 Å². The van der Waals surface area contributed by atoms with Crippen molar-refractivity contribution in [3.05, 3.63) is 58.1 Å². The first-order chi connectivity index (χ1) is 12.3. The van der Waals surface area contributed by atoms with Crippen molar-refractivity contribution < 1.29 is 19.1 Å². The number of anilines is 1. The van der Waals surface area contributed by atoms with Crippen molar-refractivity contribution in [1.82, 2.24) is 0 Å². The van der Waals surface area contributed by atoms with Crippen molar-refractivity contribution in [1.29, 1.82) is 0 Å². The van der Waals surface area contributed by atoms with Crippen LogP contribution in [-0.4, -0.2) is 25.1 Å². The van der Waals surface area contributed by atoms with Gasteiger partial charge in [0.15, 0.2) is 13.2 Å². The van der Waals surface area contributed by atoms with E-state index in [4.69, 9.17) is 32.7 Å². The van der Waals surface area contributed by atoms with Gasteiger partial charge in [-0.3, -0.25) is 4.79 Å². The van der Waals surface area contributed by atoms with Crippen LogP contribution in [0, 0.1) is 0 Å². The van der Waals surface area contributed by atoms with E-state index < -0.39 is 18.5 Å². The zero-order chi connectivity index (χ0) is 19.1. The molecule has 2 rings (SSSR count). The molecule has 138 valence electrons. The quantitative estimate of drug-likeness (QED) is 0.691. The van der Waals surface area contributed by atoms with E-state index in [0.29, 0.717) is 27.4 Å². The minimum absolute atomic E-state index is 0.282. The second-order valence-corrected chi connectivity index (χ2v) is 6.69. The lowest BCUT2D eigenvalue weighted by molar-refractivity contribution is -0.149. The van der Waals surface area contributed by atoms with Gasteiger partial charge in [0, 0.05) is 5.02 Å². The number of hydrogen-bond donors (Lipinski definition) is 1. The Morgan fingerprint density at radius 3 is 2.35 bits per heavy atom. The molecular weight excluding hydrogens is 377 g/mol. The maximum atomic E-state index is 11.8. The average molecular weight is 396 g/mol. The van der Waals surface area contributed by atoms with Gasteiger partial charge in [-0.25, -0.2) is 4.79 Å². The molecule has 0 radical (unpaired) electrons. The molecule has 0 aromatic heterocycles. The molecule has 0 saturated carbocycles. The molecule has 0 fully saturated rings. The first-order valence-electron chi connectivity index (χ1n) is 7.98. The topological polar surface area (TPSA) is 64.6 Å². The third-order valence-electron chi connectivity index (χ3n) is 3.47. The summed E-state index contributed by atoms with van der Waals surface area (Å²) in [6, 6.07) is 12.1. The van der Waals surface area contributed by atoms with E-state index in [0.717, 1.165) is 0 Å². The smallest absolute Gasteiger partial charge is 0.344 e. The molecule has 0 unspecified atom stereocenters. The molecule has 1 amide bonds. The third kappa shape index (κ3) is 6.24. The number of rotatable bonds is 7. The highest BCUT2D eigenvalue weighted by atomic mass is 35.5. The molecule has 0 aliphatic carbocycles. The van der Waals surface area contributed by atoms with Crippen molar-refractivity contribution in [2.45, 2.75) is 19.8 Å². The molecule has 2 aromatic carbocycles. The zero-order valence-corrected chi connectivity index (χ0v) is 15.9. The predicted octanol–water partition coefficient (Wildman–Crippen LogP) is 4.68. The van der Waals surface area contributed by atoms with Crippen molar-refractivity contribution in [3.8, 4) is 5.75 Å². The van der Waals surface area contributed by atoms with Crippen LogP contribution < -0.4 is 10.1 Å². The zero-order valence-electron chi connectivity index (χ0n) is 14.4. The van der Waals surface area contributed by atoms with Gasteiger partial charge in [0.05, 0.1) is 10.7 Å². The summed E-state index contributed by atoms with van der Waals surface area (Å²) < 4.78 is 10.2. The summed E-state index contributed by atoms with van der Waals surface area (Å²) in [5.74, 6) is -0.176. The standard InChI is InChI=1S/C19H19Cl2NO4/c1-12(2)13-3-6-15(7-4-13)25-11-19(24)26-10-18(23)22-17-8-5-14(20)9-16(17)21/h3-9,12H,10-11H2,1-2H3,(H,22,23). The number of ether oxygens (including phenoxy) is 2. The Hall–Kier alpha value is -2.24. The fourth-order valence-electron chi connectivity index (χ4n) is 2.06. The van der Waals surface area contributed by atoms with E-state index in [1.54, 1.807) is 24.3 Å². The second-order valence-electron chi connectivity index (χ2n) is 5.85. The number of carbonyl (C=O) groups is 2. The van der Waals surface area contributed by atoms with Crippen LogP contribution in [0.1, 0.15) is 25.3 Å². The monoisotopic (exact) mass is 395 g/mol. The highest BCUT2D eigenvalue weighted by molar-refractivity contribution is 6.36. The molecule has 0 spiro atoms.